The van der Waals surface area contributed by atoms with E-state index in [1.165, 1.54) is 0 Å². The van der Waals surface area contributed by atoms with Crippen LogP contribution in [-0.4, -0.2) is 67.3 Å². The van der Waals surface area contributed by atoms with Gasteiger partial charge in [-0.15, -0.1) is 0 Å². The lowest BCUT2D eigenvalue weighted by Gasteiger charge is -2.35. The smallest absolute Gasteiger partial charge is 0.237 e. The van der Waals surface area contributed by atoms with Gasteiger partial charge in [-0.3, -0.25) is 15.0 Å². The first-order valence-corrected chi connectivity index (χ1v) is 7.11. The molecule has 0 aromatic heterocycles. The molecule has 5 nitrogen and oxygen atoms in total. The highest BCUT2D eigenvalue weighted by molar-refractivity contribution is 5.80. The quantitative estimate of drug-likeness (QED) is 0.766. The van der Waals surface area contributed by atoms with Crippen LogP contribution in [0.25, 0.3) is 0 Å². The van der Waals surface area contributed by atoms with E-state index in [1.54, 1.807) is 0 Å². The number of likely N-dealkylation sites (N-methyl/N-ethyl adjacent to an activating group) is 1. The van der Waals surface area contributed by atoms with Crippen LogP contribution < -0.4 is 5.32 Å². The summed E-state index contributed by atoms with van der Waals surface area (Å²) in [7, 11) is 0. The summed E-state index contributed by atoms with van der Waals surface area (Å²) in [6, 6.07) is 0. The van der Waals surface area contributed by atoms with Crippen LogP contribution in [0.4, 0.5) is 0 Å². The Bertz CT molecular complexity index is 285. The van der Waals surface area contributed by atoms with E-state index in [1.807, 2.05) is 4.90 Å². The SMILES string of the molecule is CCCC1NCC(=O)N1CC1CN(CC)CCO1. The Hall–Kier alpha value is -0.650. The molecule has 1 N–H and O–H groups in total. The van der Waals surface area contributed by atoms with Crippen molar-refractivity contribution in [3.8, 4) is 0 Å². The molecule has 0 radical (unpaired) electrons. The second-order valence-electron chi connectivity index (χ2n) is 5.12. The molecule has 5 heteroatoms. The van der Waals surface area contributed by atoms with Crippen molar-refractivity contribution in [2.75, 3.05) is 39.3 Å². The van der Waals surface area contributed by atoms with Gasteiger partial charge in [0, 0.05) is 19.6 Å². The molecule has 18 heavy (non-hydrogen) atoms. The van der Waals surface area contributed by atoms with Crippen molar-refractivity contribution in [1.82, 2.24) is 15.1 Å². The minimum Gasteiger partial charge on any atom is -0.374 e. The van der Waals surface area contributed by atoms with E-state index in [9.17, 15) is 4.79 Å². The topological polar surface area (TPSA) is 44.8 Å². The normalized spacial score (nSPS) is 30.1. The lowest BCUT2D eigenvalue weighted by atomic mass is 10.2. The number of morpholine rings is 1. The fourth-order valence-electron chi connectivity index (χ4n) is 2.75. The average molecular weight is 255 g/mol. The summed E-state index contributed by atoms with van der Waals surface area (Å²) in [5.74, 6) is 0.214. The molecule has 2 heterocycles. The number of carbonyl (C=O) groups excluding carboxylic acids is 1. The number of carbonyl (C=O) groups is 1. The van der Waals surface area contributed by atoms with Gasteiger partial charge in [0.25, 0.3) is 0 Å². The van der Waals surface area contributed by atoms with Crippen molar-refractivity contribution in [1.29, 1.82) is 0 Å². The second kappa shape index (κ2) is 6.50. The fraction of sp³-hybridized carbons (Fsp3) is 0.923. The Labute approximate surface area is 109 Å². The minimum absolute atomic E-state index is 0.168. The van der Waals surface area contributed by atoms with E-state index in [0.717, 1.165) is 45.6 Å². The molecule has 0 aromatic rings. The number of hydrogen-bond acceptors (Lipinski definition) is 4. The van der Waals surface area contributed by atoms with Gasteiger partial charge in [-0.1, -0.05) is 20.3 Å². The van der Waals surface area contributed by atoms with E-state index < -0.39 is 0 Å². The van der Waals surface area contributed by atoms with Gasteiger partial charge < -0.3 is 9.64 Å². The molecule has 104 valence electrons. The zero-order chi connectivity index (χ0) is 13.0. The highest BCUT2D eigenvalue weighted by Gasteiger charge is 2.32. The number of nitrogens with one attached hydrogen (secondary N) is 1. The van der Waals surface area contributed by atoms with E-state index in [2.05, 4.69) is 24.1 Å². The molecule has 2 fully saturated rings. The molecule has 2 saturated heterocycles. The zero-order valence-corrected chi connectivity index (χ0v) is 11.5. The number of amides is 1. The third kappa shape index (κ3) is 3.22. The highest BCUT2D eigenvalue weighted by atomic mass is 16.5. The first-order valence-electron chi connectivity index (χ1n) is 7.11. The fourth-order valence-corrected chi connectivity index (χ4v) is 2.75. The molecule has 0 bridgehead atoms. The molecule has 0 spiro atoms. The molecule has 2 atom stereocenters. The summed E-state index contributed by atoms with van der Waals surface area (Å²) in [6.45, 7) is 9.33. The van der Waals surface area contributed by atoms with Crippen molar-refractivity contribution < 1.29 is 9.53 Å². The van der Waals surface area contributed by atoms with Crippen LogP contribution in [-0.2, 0) is 9.53 Å². The summed E-state index contributed by atoms with van der Waals surface area (Å²) in [4.78, 5) is 16.2. The van der Waals surface area contributed by atoms with Crippen LogP contribution in [0.1, 0.15) is 26.7 Å². The van der Waals surface area contributed by atoms with Gasteiger partial charge in [-0.05, 0) is 13.0 Å². The van der Waals surface area contributed by atoms with Crippen molar-refractivity contribution in [3.05, 3.63) is 0 Å². The molecule has 2 aliphatic rings. The lowest BCUT2D eigenvalue weighted by molar-refractivity contribution is -0.131. The van der Waals surface area contributed by atoms with Gasteiger partial charge in [-0.2, -0.15) is 0 Å². The molecular formula is C13H25N3O2. The summed E-state index contributed by atoms with van der Waals surface area (Å²) < 4.78 is 5.78. The lowest BCUT2D eigenvalue weighted by Crippen LogP contribution is -2.50. The summed E-state index contributed by atoms with van der Waals surface area (Å²) in [6.07, 6.45) is 2.49. The summed E-state index contributed by atoms with van der Waals surface area (Å²) in [5.41, 5.74) is 0. The molecule has 2 unspecified atom stereocenters. The predicted octanol–water partition coefficient (Wildman–Crippen LogP) is 0.265. The number of nitrogens with zero attached hydrogens (tertiary/aromatic N) is 2. The number of rotatable bonds is 5. The molecule has 0 aromatic carbocycles. The van der Waals surface area contributed by atoms with Crippen LogP contribution in [0.2, 0.25) is 0 Å². The molecule has 2 aliphatic heterocycles. The minimum atomic E-state index is 0.168. The third-order valence-corrected chi connectivity index (χ3v) is 3.82. The van der Waals surface area contributed by atoms with Crippen LogP contribution >= 0.6 is 0 Å². The monoisotopic (exact) mass is 255 g/mol. The van der Waals surface area contributed by atoms with Gasteiger partial charge in [0.2, 0.25) is 5.91 Å². The Morgan fingerprint density at radius 2 is 2.28 bits per heavy atom. The maximum atomic E-state index is 11.9. The van der Waals surface area contributed by atoms with Gasteiger partial charge >= 0.3 is 0 Å². The van der Waals surface area contributed by atoms with E-state index >= 15 is 0 Å². The molecule has 2 rings (SSSR count). The van der Waals surface area contributed by atoms with Crippen molar-refractivity contribution in [2.24, 2.45) is 0 Å². The average Bonchev–Trinajstić information content (AvgIpc) is 2.72. The first-order chi connectivity index (χ1) is 8.74. The van der Waals surface area contributed by atoms with Crippen molar-refractivity contribution in [2.45, 2.75) is 39.0 Å². The van der Waals surface area contributed by atoms with E-state index in [4.69, 9.17) is 4.74 Å². The van der Waals surface area contributed by atoms with Crippen LogP contribution in [0.5, 0.6) is 0 Å². The predicted molar refractivity (Wildman–Crippen MR) is 70.3 cm³/mol. The Kier molecular flexibility index (Phi) is 4.97. The van der Waals surface area contributed by atoms with Crippen LogP contribution in [0, 0.1) is 0 Å². The van der Waals surface area contributed by atoms with E-state index in [0.29, 0.717) is 6.54 Å². The van der Waals surface area contributed by atoms with Gasteiger partial charge in [0.05, 0.1) is 25.4 Å². The second-order valence-corrected chi connectivity index (χ2v) is 5.12. The Balaban J connectivity index is 1.88. The largest absolute Gasteiger partial charge is 0.374 e. The molecular weight excluding hydrogens is 230 g/mol. The maximum absolute atomic E-state index is 11.9. The Morgan fingerprint density at radius 1 is 1.44 bits per heavy atom. The summed E-state index contributed by atoms with van der Waals surface area (Å²) >= 11 is 0. The van der Waals surface area contributed by atoms with Gasteiger partial charge in [0.1, 0.15) is 0 Å². The standard InChI is InChI=1S/C13H25N3O2/c1-3-5-12-14-8-13(17)16(12)10-11-9-15(4-2)6-7-18-11/h11-12,14H,3-10H2,1-2H3. The Morgan fingerprint density at radius 3 is 3.00 bits per heavy atom. The third-order valence-electron chi connectivity index (χ3n) is 3.82. The van der Waals surface area contributed by atoms with Gasteiger partial charge in [0.15, 0.2) is 0 Å². The number of ether oxygens (including phenoxy) is 1. The van der Waals surface area contributed by atoms with Crippen molar-refractivity contribution >= 4 is 5.91 Å². The zero-order valence-electron chi connectivity index (χ0n) is 11.5. The molecule has 0 saturated carbocycles. The van der Waals surface area contributed by atoms with Crippen LogP contribution in [0.15, 0.2) is 0 Å². The summed E-state index contributed by atoms with van der Waals surface area (Å²) in [5, 5.41) is 3.28. The number of hydrogen-bond donors (Lipinski definition) is 1. The maximum Gasteiger partial charge on any atom is 0.237 e. The van der Waals surface area contributed by atoms with Crippen LogP contribution in [0.3, 0.4) is 0 Å². The molecule has 1 amide bonds. The molecule has 0 aliphatic carbocycles. The highest BCUT2D eigenvalue weighted by Crippen LogP contribution is 2.14. The first kappa shape index (κ1) is 13.8. The van der Waals surface area contributed by atoms with Gasteiger partial charge in [-0.25, -0.2) is 0 Å². The van der Waals surface area contributed by atoms with E-state index in [-0.39, 0.29) is 18.2 Å². The van der Waals surface area contributed by atoms with Crippen molar-refractivity contribution in [3.63, 3.8) is 0 Å².